The van der Waals surface area contributed by atoms with Crippen molar-refractivity contribution in [3.63, 3.8) is 0 Å². The van der Waals surface area contributed by atoms with E-state index in [4.69, 9.17) is 32.9 Å². The van der Waals surface area contributed by atoms with Gasteiger partial charge in [0, 0.05) is 12.1 Å². The first kappa shape index (κ1) is 17.4. The highest BCUT2D eigenvalue weighted by molar-refractivity contribution is 6.36. The summed E-state index contributed by atoms with van der Waals surface area (Å²) in [4.78, 5) is 16.5. The van der Waals surface area contributed by atoms with Gasteiger partial charge in [-0.3, -0.25) is 9.20 Å². The predicted molar refractivity (Wildman–Crippen MR) is 96.2 cm³/mol. The molecule has 0 aromatic carbocycles. The van der Waals surface area contributed by atoms with Crippen LogP contribution in [0.15, 0.2) is 12.3 Å². The highest BCUT2D eigenvalue weighted by Gasteiger charge is 2.24. The van der Waals surface area contributed by atoms with Crippen molar-refractivity contribution in [2.45, 2.75) is 44.9 Å². The minimum absolute atomic E-state index is 0.0888. The lowest BCUT2D eigenvalue weighted by molar-refractivity contribution is -0.140. The third-order valence-electron chi connectivity index (χ3n) is 4.37. The minimum Gasteiger partial charge on any atom is -0.465 e. The third kappa shape index (κ3) is 3.62. The van der Waals surface area contributed by atoms with Crippen LogP contribution in [0.3, 0.4) is 0 Å². The van der Waals surface area contributed by atoms with Gasteiger partial charge >= 0.3 is 5.97 Å². The molecule has 1 aliphatic rings. The second-order valence-electron chi connectivity index (χ2n) is 6.04. The number of carbonyl (C=O) groups excluding carboxylic acids is 1. The number of hydrogen-bond donors (Lipinski definition) is 1. The van der Waals surface area contributed by atoms with Crippen molar-refractivity contribution in [2.24, 2.45) is 0 Å². The molecule has 2 aromatic heterocycles. The number of halogens is 2. The fraction of sp³-hybridized carbons (Fsp3) is 0.529. The lowest BCUT2D eigenvalue weighted by Gasteiger charge is -2.21. The smallest absolute Gasteiger partial charge is 0.325 e. The number of fused-ring (bicyclic) bond motifs is 1. The number of esters is 1. The molecule has 24 heavy (non-hydrogen) atoms. The Bertz CT molecular complexity index is 739. The molecule has 5 nitrogen and oxygen atoms in total. The van der Waals surface area contributed by atoms with Gasteiger partial charge < -0.3 is 10.1 Å². The molecule has 0 atom stereocenters. The molecule has 0 aliphatic heterocycles. The zero-order valence-corrected chi connectivity index (χ0v) is 15.2. The maximum absolute atomic E-state index is 11.7. The number of rotatable bonds is 5. The fourth-order valence-electron chi connectivity index (χ4n) is 3.29. The molecule has 0 bridgehead atoms. The Labute approximate surface area is 151 Å². The van der Waals surface area contributed by atoms with Gasteiger partial charge in [0.25, 0.3) is 0 Å². The summed E-state index contributed by atoms with van der Waals surface area (Å²) in [6, 6.07) is 1.69. The van der Waals surface area contributed by atoms with Crippen LogP contribution in [0.1, 0.15) is 50.6 Å². The lowest BCUT2D eigenvalue weighted by atomic mass is 9.87. The van der Waals surface area contributed by atoms with Crippen LogP contribution in [-0.4, -0.2) is 28.5 Å². The van der Waals surface area contributed by atoms with E-state index in [0.717, 1.165) is 24.4 Å². The molecule has 1 fully saturated rings. The molecular weight excluding hydrogens is 349 g/mol. The van der Waals surface area contributed by atoms with Crippen molar-refractivity contribution in [3.8, 4) is 0 Å². The van der Waals surface area contributed by atoms with Crippen molar-refractivity contribution in [3.05, 3.63) is 28.0 Å². The molecule has 1 aliphatic carbocycles. The van der Waals surface area contributed by atoms with Crippen molar-refractivity contribution >= 4 is 40.6 Å². The summed E-state index contributed by atoms with van der Waals surface area (Å²) in [5, 5.41) is 4.21. The van der Waals surface area contributed by atoms with Crippen LogP contribution in [0.4, 0.5) is 5.82 Å². The monoisotopic (exact) mass is 369 g/mol. The Balaban J connectivity index is 1.99. The van der Waals surface area contributed by atoms with Crippen LogP contribution in [0.2, 0.25) is 10.0 Å². The van der Waals surface area contributed by atoms with Gasteiger partial charge in [-0.1, -0.05) is 42.5 Å². The molecule has 0 amide bonds. The summed E-state index contributed by atoms with van der Waals surface area (Å²) in [5.74, 6) is 0.864. The van der Waals surface area contributed by atoms with E-state index >= 15 is 0 Å². The Morgan fingerprint density at radius 2 is 2.12 bits per heavy atom. The maximum atomic E-state index is 11.7. The van der Waals surface area contributed by atoms with E-state index in [1.54, 1.807) is 19.2 Å². The third-order valence-corrected chi connectivity index (χ3v) is 4.85. The second-order valence-corrected chi connectivity index (χ2v) is 6.88. The van der Waals surface area contributed by atoms with Crippen LogP contribution in [0, 0.1) is 0 Å². The molecule has 0 spiro atoms. The summed E-state index contributed by atoms with van der Waals surface area (Å²) in [6.45, 7) is 2.24. The van der Waals surface area contributed by atoms with Gasteiger partial charge in [0.2, 0.25) is 0 Å². The molecule has 2 aromatic rings. The first-order chi connectivity index (χ1) is 11.6. The standard InChI is InChI=1S/C17H21Cl2N3O2/c1-2-24-14(23)9-20-17-15(11-6-4-3-5-7-11)21-16-13(19)8-12(18)10-22(16)17/h8,10-11,20H,2-7,9H2,1H3. The second kappa shape index (κ2) is 7.62. The van der Waals surface area contributed by atoms with Crippen LogP contribution >= 0.6 is 23.2 Å². The van der Waals surface area contributed by atoms with Gasteiger partial charge in [-0.15, -0.1) is 0 Å². The predicted octanol–water partition coefficient (Wildman–Crippen LogP) is 4.66. The quantitative estimate of drug-likeness (QED) is 0.778. The van der Waals surface area contributed by atoms with E-state index in [2.05, 4.69) is 5.32 Å². The van der Waals surface area contributed by atoms with Crippen molar-refractivity contribution < 1.29 is 9.53 Å². The summed E-state index contributed by atoms with van der Waals surface area (Å²) in [6.07, 6.45) is 7.64. The number of aromatic nitrogens is 2. The van der Waals surface area contributed by atoms with Gasteiger partial charge in [0.1, 0.15) is 12.4 Å². The number of ether oxygens (including phenoxy) is 1. The Morgan fingerprint density at radius 3 is 2.83 bits per heavy atom. The number of nitrogens with one attached hydrogen (secondary N) is 1. The average molecular weight is 370 g/mol. The first-order valence-electron chi connectivity index (χ1n) is 8.36. The van der Waals surface area contributed by atoms with E-state index in [-0.39, 0.29) is 12.5 Å². The van der Waals surface area contributed by atoms with E-state index in [1.807, 2.05) is 4.40 Å². The van der Waals surface area contributed by atoms with Crippen molar-refractivity contribution in [2.75, 3.05) is 18.5 Å². The molecule has 0 unspecified atom stereocenters. The minimum atomic E-state index is -0.296. The van der Waals surface area contributed by atoms with Crippen LogP contribution < -0.4 is 5.32 Å². The molecule has 7 heteroatoms. The Hall–Kier alpha value is -1.46. The van der Waals surface area contributed by atoms with Gasteiger partial charge in [-0.2, -0.15) is 0 Å². The SMILES string of the molecule is CCOC(=O)CNc1c(C2CCCCC2)nc2c(Cl)cc(Cl)cn12. The summed E-state index contributed by atoms with van der Waals surface area (Å²) in [5.41, 5.74) is 1.62. The Morgan fingerprint density at radius 1 is 1.38 bits per heavy atom. The lowest BCUT2D eigenvalue weighted by Crippen LogP contribution is -2.19. The molecule has 1 saturated carbocycles. The molecular formula is C17H21Cl2N3O2. The number of hydrogen-bond acceptors (Lipinski definition) is 4. The van der Waals surface area contributed by atoms with E-state index in [1.165, 1.54) is 19.3 Å². The van der Waals surface area contributed by atoms with E-state index < -0.39 is 0 Å². The maximum Gasteiger partial charge on any atom is 0.325 e. The number of nitrogens with zero attached hydrogens (tertiary/aromatic N) is 2. The number of imidazole rings is 1. The van der Waals surface area contributed by atoms with Crippen LogP contribution in [0.5, 0.6) is 0 Å². The van der Waals surface area contributed by atoms with Gasteiger partial charge in [-0.25, -0.2) is 4.98 Å². The Kier molecular flexibility index (Phi) is 5.51. The normalized spacial score (nSPS) is 15.6. The van der Waals surface area contributed by atoms with Gasteiger partial charge in [0.05, 0.1) is 22.3 Å². The summed E-state index contributed by atoms with van der Waals surface area (Å²) in [7, 11) is 0. The van der Waals surface area contributed by atoms with E-state index in [0.29, 0.717) is 28.2 Å². The van der Waals surface area contributed by atoms with Crippen molar-refractivity contribution in [1.82, 2.24) is 9.38 Å². The summed E-state index contributed by atoms with van der Waals surface area (Å²) < 4.78 is 6.84. The zero-order chi connectivity index (χ0) is 17.1. The number of pyridine rings is 1. The topological polar surface area (TPSA) is 55.6 Å². The molecule has 0 saturated heterocycles. The molecule has 130 valence electrons. The van der Waals surface area contributed by atoms with Gasteiger partial charge in [-0.05, 0) is 25.8 Å². The molecule has 3 rings (SSSR count). The number of carbonyl (C=O) groups is 1. The van der Waals surface area contributed by atoms with E-state index in [9.17, 15) is 4.79 Å². The zero-order valence-electron chi connectivity index (χ0n) is 13.6. The highest BCUT2D eigenvalue weighted by Crippen LogP contribution is 2.38. The first-order valence-corrected chi connectivity index (χ1v) is 9.12. The summed E-state index contributed by atoms with van der Waals surface area (Å²) >= 11 is 12.5. The molecule has 1 N–H and O–H groups in total. The van der Waals surface area contributed by atoms with Gasteiger partial charge in [0.15, 0.2) is 5.65 Å². The van der Waals surface area contributed by atoms with Crippen LogP contribution in [0.25, 0.3) is 5.65 Å². The number of anilines is 1. The fourth-order valence-corrected chi connectivity index (χ4v) is 3.81. The average Bonchev–Trinajstić information content (AvgIpc) is 2.93. The molecule has 0 radical (unpaired) electrons. The van der Waals surface area contributed by atoms with Crippen molar-refractivity contribution in [1.29, 1.82) is 0 Å². The van der Waals surface area contributed by atoms with Crippen LogP contribution in [-0.2, 0) is 9.53 Å². The largest absolute Gasteiger partial charge is 0.465 e. The highest BCUT2D eigenvalue weighted by atomic mass is 35.5. The molecule has 2 heterocycles.